The fourth-order valence-electron chi connectivity index (χ4n) is 1.60. The number of carbonyl (C=O) groups is 1. The number of aromatic nitrogens is 1. The van der Waals surface area contributed by atoms with E-state index in [0.717, 1.165) is 11.4 Å². The van der Waals surface area contributed by atoms with Crippen LogP contribution in [-0.2, 0) is 0 Å². The molecule has 0 bridgehead atoms. The van der Waals surface area contributed by atoms with E-state index < -0.39 is 0 Å². The lowest BCUT2D eigenvalue weighted by molar-refractivity contribution is 0.0957. The van der Waals surface area contributed by atoms with E-state index in [1.165, 1.54) is 6.20 Å². The minimum absolute atomic E-state index is 0.183. The normalized spacial score (nSPS) is 9.85. The number of benzene rings is 1. The number of nitrogens with zero attached hydrogens (tertiary/aromatic N) is 1. The number of hydrogen-bond donors (Lipinski definition) is 2. The zero-order valence-corrected chi connectivity index (χ0v) is 11.5. The lowest BCUT2D eigenvalue weighted by Gasteiger charge is -2.08. The maximum atomic E-state index is 11.8. The Kier molecular flexibility index (Phi) is 4.74. The molecule has 2 N–H and O–H groups in total. The Bertz CT molecular complexity index is 611. The molecule has 1 amide bonds. The van der Waals surface area contributed by atoms with E-state index in [0.29, 0.717) is 17.1 Å². The molecule has 0 saturated heterocycles. The van der Waals surface area contributed by atoms with E-state index in [1.807, 2.05) is 12.1 Å². The SMILES string of the molecule is C=CCNC(=O)c1cncc(Nc2ccc(Cl)cc2)c1. The van der Waals surface area contributed by atoms with Crippen molar-refractivity contribution < 1.29 is 4.79 Å². The van der Waals surface area contributed by atoms with E-state index in [1.54, 1.807) is 30.5 Å². The van der Waals surface area contributed by atoms with E-state index in [4.69, 9.17) is 11.6 Å². The van der Waals surface area contributed by atoms with Gasteiger partial charge in [-0.3, -0.25) is 9.78 Å². The van der Waals surface area contributed by atoms with Crippen molar-refractivity contribution in [2.45, 2.75) is 0 Å². The molecule has 5 heteroatoms. The van der Waals surface area contributed by atoms with Crippen molar-refractivity contribution in [3.05, 3.63) is 66.0 Å². The summed E-state index contributed by atoms with van der Waals surface area (Å²) in [6.07, 6.45) is 4.80. The smallest absolute Gasteiger partial charge is 0.253 e. The fourth-order valence-corrected chi connectivity index (χ4v) is 1.73. The van der Waals surface area contributed by atoms with Crippen molar-refractivity contribution in [3.8, 4) is 0 Å². The lowest BCUT2D eigenvalue weighted by atomic mass is 10.2. The Hall–Kier alpha value is -2.33. The summed E-state index contributed by atoms with van der Waals surface area (Å²) in [5, 5.41) is 6.54. The number of anilines is 2. The van der Waals surface area contributed by atoms with E-state index in [2.05, 4.69) is 22.2 Å². The van der Waals surface area contributed by atoms with Crippen LogP contribution in [0.4, 0.5) is 11.4 Å². The molecule has 0 aliphatic rings. The quantitative estimate of drug-likeness (QED) is 0.829. The summed E-state index contributed by atoms with van der Waals surface area (Å²) in [5.41, 5.74) is 2.10. The molecule has 102 valence electrons. The summed E-state index contributed by atoms with van der Waals surface area (Å²) in [7, 11) is 0. The second kappa shape index (κ2) is 6.73. The van der Waals surface area contributed by atoms with Crippen LogP contribution in [0.15, 0.2) is 55.4 Å². The average Bonchev–Trinajstić information content (AvgIpc) is 2.47. The summed E-state index contributed by atoms with van der Waals surface area (Å²) < 4.78 is 0. The van der Waals surface area contributed by atoms with Crippen molar-refractivity contribution in [1.29, 1.82) is 0 Å². The third-order valence-corrected chi connectivity index (χ3v) is 2.79. The molecule has 0 radical (unpaired) electrons. The van der Waals surface area contributed by atoms with Crippen LogP contribution in [0.5, 0.6) is 0 Å². The third kappa shape index (κ3) is 3.83. The first-order valence-corrected chi connectivity index (χ1v) is 6.43. The van der Waals surface area contributed by atoms with Gasteiger partial charge in [0.2, 0.25) is 0 Å². The summed E-state index contributed by atoms with van der Waals surface area (Å²) in [4.78, 5) is 15.9. The van der Waals surface area contributed by atoms with Gasteiger partial charge in [-0.05, 0) is 30.3 Å². The molecule has 0 fully saturated rings. The van der Waals surface area contributed by atoms with E-state index in [9.17, 15) is 4.79 Å². The van der Waals surface area contributed by atoms with E-state index >= 15 is 0 Å². The first-order chi connectivity index (χ1) is 9.69. The Morgan fingerprint density at radius 2 is 2.00 bits per heavy atom. The molecule has 4 nitrogen and oxygen atoms in total. The van der Waals surface area contributed by atoms with Crippen LogP contribution in [0.1, 0.15) is 10.4 Å². The molecule has 1 aromatic heterocycles. The van der Waals surface area contributed by atoms with Crippen molar-refractivity contribution in [1.82, 2.24) is 10.3 Å². The van der Waals surface area contributed by atoms with Crippen LogP contribution in [-0.4, -0.2) is 17.4 Å². The Morgan fingerprint density at radius 3 is 2.70 bits per heavy atom. The van der Waals surface area contributed by atoms with E-state index in [-0.39, 0.29) is 5.91 Å². The lowest BCUT2D eigenvalue weighted by Crippen LogP contribution is -2.23. The van der Waals surface area contributed by atoms with Gasteiger partial charge in [0.25, 0.3) is 5.91 Å². The number of pyridine rings is 1. The molecule has 2 rings (SSSR count). The monoisotopic (exact) mass is 287 g/mol. The summed E-state index contributed by atoms with van der Waals surface area (Å²) >= 11 is 5.83. The Balaban J connectivity index is 2.11. The van der Waals surface area contributed by atoms with Crippen molar-refractivity contribution >= 4 is 28.9 Å². The molecule has 0 unspecified atom stereocenters. The maximum Gasteiger partial charge on any atom is 0.253 e. The molecule has 20 heavy (non-hydrogen) atoms. The van der Waals surface area contributed by atoms with Gasteiger partial charge < -0.3 is 10.6 Å². The highest BCUT2D eigenvalue weighted by molar-refractivity contribution is 6.30. The molecule has 0 aliphatic carbocycles. The second-order valence-corrected chi connectivity index (χ2v) is 4.53. The van der Waals surface area contributed by atoms with Crippen LogP contribution < -0.4 is 10.6 Å². The molecule has 0 aliphatic heterocycles. The van der Waals surface area contributed by atoms with Gasteiger partial charge in [-0.1, -0.05) is 17.7 Å². The van der Waals surface area contributed by atoms with Gasteiger partial charge >= 0.3 is 0 Å². The first-order valence-electron chi connectivity index (χ1n) is 6.06. The van der Waals surface area contributed by atoms with Crippen LogP contribution in [0.25, 0.3) is 0 Å². The van der Waals surface area contributed by atoms with Crippen LogP contribution in [0, 0.1) is 0 Å². The Labute approximate surface area is 122 Å². The molecule has 2 aromatic rings. The number of hydrogen-bond acceptors (Lipinski definition) is 3. The molecule has 1 aromatic carbocycles. The molecule has 1 heterocycles. The maximum absolute atomic E-state index is 11.8. The highest BCUT2D eigenvalue weighted by atomic mass is 35.5. The predicted molar refractivity (Wildman–Crippen MR) is 81.5 cm³/mol. The molecule has 0 atom stereocenters. The average molecular weight is 288 g/mol. The van der Waals surface area contributed by atoms with Crippen molar-refractivity contribution in [2.24, 2.45) is 0 Å². The largest absolute Gasteiger partial charge is 0.354 e. The van der Waals surface area contributed by atoms with Gasteiger partial charge in [0.05, 0.1) is 17.4 Å². The highest BCUT2D eigenvalue weighted by Crippen LogP contribution is 2.19. The zero-order valence-electron chi connectivity index (χ0n) is 10.8. The number of rotatable bonds is 5. The molecule has 0 spiro atoms. The van der Waals surface area contributed by atoms with Gasteiger partial charge in [0.1, 0.15) is 0 Å². The van der Waals surface area contributed by atoms with Gasteiger partial charge in [-0.25, -0.2) is 0 Å². The fraction of sp³-hybridized carbons (Fsp3) is 0.0667. The summed E-state index contributed by atoms with van der Waals surface area (Å²) in [5.74, 6) is -0.183. The molecule has 0 saturated carbocycles. The van der Waals surface area contributed by atoms with Gasteiger partial charge in [-0.15, -0.1) is 6.58 Å². The third-order valence-electron chi connectivity index (χ3n) is 2.54. The van der Waals surface area contributed by atoms with Gasteiger partial charge in [-0.2, -0.15) is 0 Å². The van der Waals surface area contributed by atoms with Crippen molar-refractivity contribution in [3.63, 3.8) is 0 Å². The minimum Gasteiger partial charge on any atom is -0.354 e. The van der Waals surface area contributed by atoms with Gasteiger partial charge in [0.15, 0.2) is 0 Å². The number of amides is 1. The first kappa shape index (κ1) is 14.1. The molecular weight excluding hydrogens is 274 g/mol. The van der Waals surface area contributed by atoms with Crippen molar-refractivity contribution in [2.75, 3.05) is 11.9 Å². The van der Waals surface area contributed by atoms with Crippen LogP contribution in [0.2, 0.25) is 5.02 Å². The highest BCUT2D eigenvalue weighted by Gasteiger charge is 2.05. The Morgan fingerprint density at radius 1 is 1.25 bits per heavy atom. The number of halogens is 1. The van der Waals surface area contributed by atoms with Crippen LogP contribution >= 0.6 is 11.6 Å². The number of carbonyl (C=O) groups excluding carboxylic acids is 1. The number of nitrogens with one attached hydrogen (secondary N) is 2. The second-order valence-electron chi connectivity index (χ2n) is 4.09. The van der Waals surface area contributed by atoms with Crippen LogP contribution in [0.3, 0.4) is 0 Å². The standard InChI is InChI=1S/C15H14ClN3O/c1-2-7-18-15(20)11-8-14(10-17-9-11)19-13-5-3-12(16)4-6-13/h2-6,8-10,19H,1,7H2,(H,18,20). The topological polar surface area (TPSA) is 54.0 Å². The van der Waals surface area contributed by atoms with Gasteiger partial charge in [0, 0.05) is 23.5 Å². The summed E-state index contributed by atoms with van der Waals surface area (Å²) in [6, 6.07) is 9.02. The minimum atomic E-state index is -0.183. The predicted octanol–water partition coefficient (Wildman–Crippen LogP) is 3.39. The summed E-state index contributed by atoms with van der Waals surface area (Å²) in [6.45, 7) is 3.98. The zero-order chi connectivity index (χ0) is 14.4. The molecular formula is C15H14ClN3O.